The van der Waals surface area contributed by atoms with E-state index < -0.39 is 6.10 Å². The minimum atomic E-state index is -0.590. The van der Waals surface area contributed by atoms with Crippen molar-refractivity contribution in [2.24, 2.45) is 5.84 Å². The van der Waals surface area contributed by atoms with Crippen LogP contribution in [0.1, 0.15) is 32.3 Å². The monoisotopic (exact) mass is 222 g/mol. The van der Waals surface area contributed by atoms with Gasteiger partial charge in [-0.05, 0) is 30.5 Å². The molecule has 0 radical (unpaired) electrons. The second-order valence-corrected chi connectivity index (χ2v) is 4.00. The van der Waals surface area contributed by atoms with Gasteiger partial charge in [0.2, 0.25) is 0 Å². The molecule has 0 saturated carbocycles. The number of hydrogen-bond acceptors (Lipinski definition) is 3. The molecule has 4 nitrogen and oxygen atoms in total. The second kappa shape index (κ2) is 5.51. The number of carbonyl (C=O) groups excluding carboxylic acids is 1. The summed E-state index contributed by atoms with van der Waals surface area (Å²) in [5.74, 6) is 5.80. The molecule has 0 heterocycles. The Morgan fingerprint density at radius 1 is 1.38 bits per heavy atom. The first kappa shape index (κ1) is 12.5. The molecular weight excluding hydrogens is 204 g/mol. The molecule has 88 valence electrons. The Kier molecular flexibility index (Phi) is 4.31. The van der Waals surface area contributed by atoms with Crippen LogP contribution in [-0.2, 0) is 4.79 Å². The molecule has 0 fully saturated rings. The zero-order valence-corrected chi connectivity index (χ0v) is 9.86. The third-order valence-corrected chi connectivity index (χ3v) is 2.35. The quantitative estimate of drug-likeness (QED) is 0.461. The fourth-order valence-corrected chi connectivity index (χ4v) is 1.32. The van der Waals surface area contributed by atoms with E-state index in [2.05, 4.69) is 19.3 Å². The summed E-state index contributed by atoms with van der Waals surface area (Å²) < 4.78 is 5.47. The predicted octanol–water partition coefficient (Wildman–Crippen LogP) is 1.57. The summed E-state index contributed by atoms with van der Waals surface area (Å²) in [5, 5.41) is 0. The van der Waals surface area contributed by atoms with Gasteiger partial charge in [0.05, 0.1) is 0 Å². The van der Waals surface area contributed by atoms with Crippen LogP contribution >= 0.6 is 0 Å². The standard InChI is InChI=1S/C12H18N2O2/c1-8(2)10-5-4-6-11(7-10)16-9(3)12(15)14-13/h4-9H,13H2,1-3H3,(H,14,15)/t9-/m0/s1. The van der Waals surface area contributed by atoms with E-state index in [4.69, 9.17) is 10.6 Å². The van der Waals surface area contributed by atoms with Crippen LogP contribution in [0.4, 0.5) is 0 Å². The van der Waals surface area contributed by atoms with Crippen molar-refractivity contribution >= 4 is 5.91 Å². The Labute approximate surface area is 95.8 Å². The van der Waals surface area contributed by atoms with E-state index in [9.17, 15) is 4.79 Å². The number of carbonyl (C=O) groups is 1. The summed E-state index contributed by atoms with van der Waals surface area (Å²) in [7, 11) is 0. The normalized spacial score (nSPS) is 12.3. The molecule has 1 amide bonds. The SMILES string of the molecule is CC(C)c1cccc(O[C@@H](C)C(=O)NN)c1. The van der Waals surface area contributed by atoms with Crippen LogP contribution < -0.4 is 16.0 Å². The van der Waals surface area contributed by atoms with Crippen molar-refractivity contribution in [3.8, 4) is 5.75 Å². The summed E-state index contributed by atoms with van der Waals surface area (Å²) in [5.41, 5.74) is 3.24. The van der Waals surface area contributed by atoms with Gasteiger partial charge in [-0.25, -0.2) is 5.84 Å². The van der Waals surface area contributed by atoms with Crippen molar-refractivity contribution < 1.29 is 9.53 Å². The van der Waals surface area contributed by atoms with Crippen molar-refractivity contribution in [1.82, 2.24) is 5.43 Å². The van der Waals surface area contributed by atoms with Gasteiger partial charge in [0.1, 0.15) is 5.75 Å². The minimum Gasteiger partial charge on any atom is -0.481 e. The van der Waals surface area contributed by atoms with Crippen LogP contribution in [0, 0.1) is 0 Å². The molecule has 1 rings (SSSR count). The number of ether oxygens (including phenoxy) is 1. The summed E-state index contributed by atoms with van der Waals surface area (Å²) in [6.45, 7) is 5.87. The lowest BCUT2D eigenvalue weighted by Crippen LogP contribution is -2.40. The third-order valence-electron chi connectivity index (χ3n) is 2.35. The fraction of sp³-hybridized carbons (Fsp3) is 0.417. The van der Waals surface area contributed by atoms with Gasteiger partial charge in [0, 0.05) is 0 Å². The van der Waals surface area contributed by atoms with Crippen LogP contribution in [0.5, 0.6) is 5.75 Å². The Morgan fingerprint density at radius 3 is 2.62 bits per heavy atom. The Bertz CT molecular complexity index is 364. The molecule has 3 N–H and O–H groups in total. The van der Waals surface area contributed by atoms with Gasteiger partial charge < -0.3 is 4.74 Å². The van der Waals surface area contributed by atoms with Gasteiger partial charge in [-0.2, -0.15) is 0 Å². The van der Waals surface area contributed by atoms with Crippen LogP contribution in [0.2, 0.25) is 0 Å². The van der Waals surface area contributed by atoms with E-state index in [1.54, 1.807) is 6.92 Å². The van der Waals surface area contributed by atoms with Crippen LogP contribution in [-0.4, -0.2) is 12.0 Å². The van der Waals surface area contributed by atoms with Crippen LogP contribution in [0.3, 0.4) is 0 Å². The maximum atomic E-state index is 11.2. The van der Waals surface area contributed by atoms with Gasteiger partial charge >= 0.3 is 0 Å². The van der Waals surface area contributed by atoms with Crippen molar-refractivity contribution in [3.05, 3.63) is 29.8 Å². The molecule has 0 aromatic heterocycles. The number of amides is 1. The summed E-state index contributed by atoms with van der Waals surface area (Å²) in [6, 6.07) is 7.71. The number of hydrazine groups is 1. The van der Waals surface area contributed by atoms with Crippen molar-refractivity contribution in [1.29, 1.82) is 0 Å². The topological polar surface area (TPSA) is 64.3 Å². The van der Waals surface area contributed by atoms with Gasteiger partial charge in [-0.1, -0.05) is 26.0 Å². The summed E-state index contributed by atoms with van der Waals surface area (Å²) >= 11 is 0. The van der Waals surface area contributed by atoms with Gasteiger partial charge in [0.15, 0.2) is 6.10 Å². The molecule has 4 heteroatoms. The molecule has 1 atom stereocenters. The maximum absolute atomic E-state index is 11.2. The minimum absolute atomic E-state index is 0.338. The molecule has 1 aromatic rings. The number of benzene rings is 1. The Hall–Kier alpha value is -1.55. The molecule has 0 aliphatic heterocycles. The van der Waals surface area contributed by atoms with E-state index in [0.29, 0.717) is 11.7 Å². The first-order valence-corrected chi connectivity index (χ1v) is 5.31. The van der Waals surface area contributed by atoms with E-state index in [0.717, 1.165) is 0 Å². The summed E-state index contributed by atoms with van der Waals surface area (Å²) in [4.78, 5) is 11.2. The largest absolute Gasteiger partial charge is 0.481 e. The number of hydrogen-bond donors (Lipinski definition) is 2. The molecule has 16 heavy (non-hydrogen) atoms. The van der Waals surface area contributed by atoms with Gasteiger partial charge in [-0.15, -0.1) is 0 Å². The van der Waals surface area contributed by atoms with E-state index in [1.165, 1.54) is 5.56 Å². The molecule has 0 spiro atoms. The highest BCUT2D eigenvalue weighted by Crippen LogP contribution is 2.20. The zero-order chi connectivity index (χ0) is 12.1. The highest BCUT2D eigenvalue weighted by molar-refractivity contribution is 5.80. The molecule has 0 aliphatic rings. The predicted molar refractivity (Wildman–Crippen MR) is 63.0 cm³/mol. The highest BCUT2D eigenvalue weighted by Gasteiger charge is 2.13. The number of nitrogens with two attached hydrogens (primary N) is 1. The van der Waals surface area contributed by atoms with Crippen LogP contribution in [0.15, 0.2) is 24.3 Å². The van der Waals surface area contributed by atoms with Crippen molar-refractivity contribution in [3.63, 3.8) is 0 Å². The third kappa shape index (κ3) is 3.24. The fourth-order valence-electron chi connectivity index (χ4n) is 1.32. The molecule has 1 aromatic carbocycles. The lowest BCUT2D eigenvalue weighted by molar-refractivity contribution is -0.127. The second-order valence-electron chi connectivity index (χ2n) is 4.00. The number of nitrogens with one attached hydrogen (secondary N) is 1. The lowest BCUT2D eigenvalue weighted by Gasteiger charge is -2.14. The Balaban J connectivity index is 2.74. The van der Waals surface area contributed by atoms with Crippen LogP contribution in [0.25, 0.3) is 0 Å². The highest BCUT2D eigenvalue weighted by atomic mass is 16.5. The molecule has 0 unspecified atom stereocenters. The lowest BCUT2D eigenvalue weighted by atomic mass is 10.0. The number of rotatable bonds is 4. The first-order chi connectivity index (χ1) is 7.54. The summed E-state index contributed by atoms with van der Waals surface area (Å²) in [6.07, 6.45) is -0.590. The van der Waals surface area contributed by atoms with Gasteiger partial charge in [-0.3, -0.25) is 10.2 Å². The smallest absolute Gasteiger partial charge is 0.274 e. The molecule has 0 bridgehead atoms. The molecule has 0 saturated heterocycles. The van der Waals surface area contributed by atoms with E-state index in [1.807, 2.05) is 24.3 Å². The Morgan fingerprint density at radius 2 is 2.06 bits per heavy atom. The molecule has 0 aliphatic carbocycles. The maximum Gasteiger partial charge on any atom is 0.274 e. The average molecular weight is 222 g/mol. The van der Waals surface area contributed by atoms with E-state index in [-0.39, 0.29) is 5.91 Å². The first-order valence-electron chi connectivity index (χ1n) is 5.31. The van der Waals surface area contributed by atoms with Crippen molar-refractivity contribution in [2.75, 3.05) is 0 Å². The zero-order valence-electron chi connectivity index (χ0n) is 9.86. The van der Waals surface area contributed by atoms with Crippen molar-refractivity contribution in [2.45, 2.75) is 32.8 Å². The van der Waals surface area contributed by atoms with Gasteiger partial charge in [0.25, 0.3) is 5.91 Å². The van der Waals surface area contributed by atoms with E-state index >= 15 is 0 Å². The molecular formula is C12H18N2O2. The average Bonchev–Trinajstić information content (AvgIpc) is 2.28.